The van der Waals surface area contributed by atoms with Crippen LogP contribution in [0.1, 0.15) is 29.2 Å². The molecular weight excluding hydrogens is 412 g/mol. The maximum Gasteiger partial charge on any atom is 0.268 e. The summed E-state index contributed by atoms with van der Waals surface area (Å²) in [5.41, 5.74) is 5.04. The summed E-state index contributed by atoms with van der Waals surface area (Å²) in [6, 6.07) is 23.5. The van der Waals surface area contributed by atoms with E-state index >= 15 is 0 Å². The fourth-order valence-corrected chi connectivity index (χ4v) is 3.97. The fourth-order valence-electron chi connectivity index (χ4n) is 3.97. The van der Waals surface area contributed by atoms with Crippen LogP contribution in [0, 0.1) is 18.3 Å². The van der Waals surface area contributed by atoms with Gasteiger partial charge in [-0.3, -0.25) is 4.79 Å². The van der Waals surface area contributed by atoms with Crippen molar-refractivity contribution in [2.75, 3.05) is 18.1 Å². The first-order chi connectivity index (χ1) is 16.1. The molecule has 1 amide bonds. The molecule has 5 heteroatoms. The smallest absolute Gasteiger partial charge is 0.268 e. The SMILES string of the molecule is CCOc1cc(C=C(C#N)C(=O)N2CCc3ccccc32)ccc1OCc1cccc(C)c1. The number of fused-ring (bicyclic) bond motifs is 1. The van der Waals surface area contributed by atoms with E-state index in [2.05, 4.69) is 12.1 Å². The second kappa shape index (κ2) is 10.1. The normalized spacial score (nSPS) is 12.8. The molecule has 4 rings (SSSR count). The average Bonchev–Trinajstić information content (AvgIpc) is 3.26. The molecule has 0 saturated heterocycles. The average molecular weight is 439 g/mol. The number of hydrogen-bond acceptors (Lipinski definition) is 4. The van der Waals surface area contributed by atoms with Gasteiger partial charge in [0.05, 0.1) is 6.61 Å². The summed E-state index contributed by atoms with van der Waals surface area (Å²) in [6.45, 7) is 5.43. The molecule has 5 nitrogen and oxygen atoms in total. The van der Waals surface area contributed by atoms with Gasteiger partial charge in [-0.15, -0.1) is 0 Å². The van der Waals surface area contributed by atoms with Crippen LogP contribution in [0.25, 0.3) is 6.08 Å². The Morgan fingerprint density at radius 3 is 2.70 bits per heavy atom. The lowest BCUT2D eigenvalue weighted by atomic mass is 10.1. The number of carbonyl (C=O) groups is 1. The number of para-hydroxylation sites is 1. The van der Waals surface area contributed by atoms with Crippen LogP contribution < -0.4 is 14.4 Å². The van der Waals surface area contributed by atoms with E-state index in [-0.39, 0.29) is 11.5 Å². The highest BCUT2D eigenvalue weighted by Crippen LogP contribution is 2.32. The Balaban J connectivity index is 1.55. The third kappa shape index (κ3) is 5.07. The van der Waals surface area contributed by atoms with Gasteiger partial charge in [0, 0.05) is 12.2 Å². The summed E-state index contributed by atoms with van der Waals surface area (Å²) >= 11 is 0. The van der Waals surface area contributed by atoms with E-state index < -0.39 is 0 Å². The minimum atomic E-state index is -0.291. The molecule has 0 atom stereocenters. The molecule has 0 fully saturated rings. The summed E-state index contributed by atoms with van der Waals surface area (Å²) in [6.07, 6.45) is 2.40. The summed E-state index contributed by atoms with van der Waals surface area (Å²) < 4.78 is 11.8. The summed E-state index contributed by atoms with van der Waals surface area (Å²) in [5.74, 6) is 0.907. The van der Waals surface area contributed by atoms with Crippen molar-refractivity contribution in [3.05, 3.63) is 94.6 Å². The lowest BCUT2D eigenvalue weighted by molar-refractivity contribution is -0.114. The van der Waals surface area contributed by atoms with E-state index in [0.717, 1.165) is 23.2 Å². The van der Waals surface area contributed by atoms with Gasteiger partial charge in [-0.1, -0.05) is 54.1 Å². The van der Waals surface area contributed by atoms with Crippen LogP contribution in [-0.4, -0.2) is 19.1 Å². The quantitative estimate of drug-likeness (QED) is 0.363. The highest BCUT2D eigenvalue weighted by atomic mass is 16.5. The predicted molar refractivity (Wildman–Crippen MR) is 129 cm³/mol. The number of anilines is 1. The van der Waals surface area contributed by atoms with Crippen molar-refractivity contribution >= 4 is 17.7 Å². The second-order valence-electron chi connectivity index (χ2n) is 7.92. The van der Waals surface area contributed by atoms with Crippen LogP contribution >= 0.6 is 0 Å². The molecule has 0 aliphatic carbocycles. The number of amides is 1. The molecule has 1 aliphatic heterocycles. The summed E-state index contributed by atoms with van der Waals surface area (Å²) in [7, 11) is 0. The Morgan fingerprint density at radius 2 is 1.91 bits per heavy atom. The van der Waals surface area contributed by atoms with E-state index in [1.807, 2.05) is 68.4 Å². The Morgan fingerprint density at radius 1 is 1.06 bits per heavy atom. The summed E-state index contributed by atoms with van der Waals surface area (Å²) in [4.78, 5) is 14.8. The maximum absolute atomic E-state index is 13.1. The third-order valence-electron chi connectivity index (χ3n) is 5.54. The molecule has 0 aromatic heterocycles. The van der Waals surface area contributed by atoms with E-state index in [0.29, 0.717) is 36.8 Å². The van der Waals surface area contributed by atoms with Crippen molar-refractivity contribution in [2.24, 2.45) is 0 Å². The number of nitrogens with zero attached hydrogens (tertiary/aromatic N) is 2. The zero-order chi connectivity index (χ0) is 23.2. The molecule has 0 radical (unpaired) electrons. The first-order valence-electron chi connectivity index (χ1n) is 11.1. The molecule has 0 saturated carbocycles. The summed E-state index contributed by atoms with van der Waals surface area (Å²) in [5, 5.41) is 9.70. The van der Waals surface area contributed by atoms with Crippen LogP contribution in [0.15, 0.2) is 72.3 Å². The predicted octanol–water partition coefficient (Wildman–Crippen LogP) is 5.47. The Bertz CT molecular complexity index is 1240. The van der Waals surface area contributed by atoms with Gasteiger partial charge < -0.3 is 14.4 Å². The molecule has 166 valence electrons. The Labute approximate surface area is 194 Å². The highest BCUT2D eigenvalue weighted by molar-refractivity contribution is 6.12. The van der Waals surface area contributed by atoms with E-state index in [4.69, 9.17) is 9.47 Å². The molecule has 0 spiro atoms. The molecule has 1 aliphatic rings. The van der Waals surface area contributed by atoms with Crippen LogP contribution in [0.3, 0.4) is 0 Å². The largest absolute Gasteiger partial charge is 0.490 e. The number of carbonyl (C=O) groups excluding carboxylic acids is 1. The van der Waals surface area contributed by atoms with Crippen molar-refractivity contribution in [1.82, 2.24) is 0 Å². The van der Waals surface area contributed by atoms with Gasteiger partial charge in [-0.25, -0.2) is 0 Å². The maximum atomic E-state index is 13.1. The molecule has 33 heavy (non-hydrogen) atoms. The Hall–Kier alpha value is -4.04. The molecule has 0 bridgehead atoms. The Kier molecular flexibility index (Phi) is 6.75. The standard InChI is InChI=1S/C28H26N2O3/c1-3-32-27-17-21(11-12-26(27)33-19-22-8-6-7-20(2)15-22)16-24(18-29)28(31)30-14-13-23-9-4-5-10-25(23)30/h4-12,15-17H,3,13-14,19H2,1-2H3. The second-order valence-corrected chi connectivity index (χ2v) is 7.92. The number of aryl methyl sites for hydroxylation is 1. The number of ether oxygens (including phenoxy) is 2. The topological polar surface area (TPSA) is 62.6 Å². The highest BCUT2D eigenvalue weighted by Gasteiger charge is 2.26. The molecule has 1 heterocycles. The van der Waals surface area contributed by atoms with Crippen LogP contribution in [0.5, 0.6) is 11.5 Å². The lowest BCUT2D eigenvalue weighted by Crippen LogP contribution is -2.29. The molecule has 0 N–H and O–H groups in total. The zero-order valence-corrected chi connectivity index (χ0v) is 18.9. The van der Waals surface area contributed by atoms with Gasteiger partial charge in [0.2, 0.25) is 0 Å². The van der Waals surface area contributed by atoms with Crippen molar-refractivity contribution < 1.29 is 14.3 Å². The number of hydrogen-bond donors (Lipinski definition) is 0. The van der Waals surface area contributed by atoms with E-state index in [9.17, 15) is 10.1 Å². The van der Waals surface area contributed by atoms with E-state index in [1.54, 1.807) is 17.0 Å². The fraction of sp³-hybridized carbons (Fsp3) is 0.214. The monoisotopic (exact) mass is 438 g/mol. The van der Waals surface area contributed by atoms with Gasteiger partial charge >= 0.3 is 0 Å². The first kappa shape index (κ1) is 22.2. The minimum Gasteiger partial charge on any atom is -0.490 e. The molecule has 3 aromatic carbocycles. The van der Waals surface area contributed by atoms with Gasteiger partial charge in [-0.2, -0.15) is 5.26 Å². The molecular formula is C28H26N2O3. The van der Waals surface area contributed by atoms with Crippen LogP contribution in [0.2, 0.25) is 0 Å². The van der Waals surface area contributed by atoms with Crippen molar-refractivity contribution in [1.29, 1.82) is 5.26 Å². The lowest BCUT2D eigenvalue weighted by Gasteiger charge is -2.17. The van der Waals surface area contributed by atoms with Crippen molar-refractivity contribution in [2.45, 2.75) is 26.9 Å². The van der Waals surface area contributed by atoms with Crippen LogP contribution in [-0.2, 0) is 17.8 Å². The third-order valence-corrected chi connectivity index (χ3v) is 5.54. The number of rotatable bonds is 7. The van der Waals surface area contributed by atoms with Crippen LogP contribution in [0.4, 0.5) is 5.69 Å². The van der Waals surface area contributed by atoms with Crippen molar-refractivity contribution in [3.63, 3.8) is 0 Å². The minimum absolute atomic E-state index is 0.0857. The molecule has 3 aromatic rings. The first-order valence-corrected chi connectivity index (χ1v) is 11.1. The van der Waals surface area contributed by atoms with Gasteiger partial charge in [0.15, 0.2) is 11.5 Å². The van der Waals surface area contributed by atoms with Gasteiger partial charge in [0.25, 0.3) is 5.91 Å². The number of nitriles is 1. The van der Waals surface area contributed by atoms with E-state index in [1.165, 1.54) is 5.56 Å². The number of benzene rings is 3. The van der Waals surface area contributed by atoms with Crippen molar-refractivity contribution in [3.8, 4) is 17.6 Å². The molecule has 0 unspecified atom stereocenters. The van der Waals surface area contributed by atoms with Gasteiger partial charge in [-0.05, 0) is 61.2 Å². The van der Waals surface area contributed by atoms with Gasteiger partial charge in [0.1, 0.15) is 18.2 Å². The zero-order valence-electron chi connectivity index (χ0n) is 18.9.